The van der Waals surface area contributed by atoms with Gasteiger partial charge in [-0.1, -0.05) is 74.9 Å². The maximum Gasteiger partial charge on any atom is 0.264 e. The quantitative estimate of drug-likeness (QED) is 0.478. The lowest BCUT2D eigenvalue weighted by Gasteiger charge is -2.43. The van der Waals surface area contributed by atoms with E-state index in [0.29, 0.717) is 24.3 Å². The van der Waals surface area contributed by atoms with E-state index in [1.54, 1.807) is 36.4 Å². The van der Waals surface area contributed by atoms with Gasteiger partial charge in [-0.2, -0.15) is 0 Å². The Balaban J connectivity index is 0.00000324. The number of hydrogen-bond donors (Lipinski definition) is 1. The second kappa shape index (κ2) is 12.9. The molecule has 2 aliphatic rings. The van der Waals surface area contributed by atoms with Gasteiger partial charge in [0.25, 0.3) is 10.0 Å². The molecule has 7 heteroatoms. The number of aliphatic hydroxyl groups excluding tert-OH is 1. The third kappa shape index (κ3) is 6.75. The van der Waals surface area contributed by atoms with Gasteiger partial charge in [-0.15, -0.1) is 12.4 Å². The van der Waals surface area contributed by atoms with Crippen molar-refractivity contribution in [2.75, 3.05) is 17.4 Å². The molecule has 0 saturated heterocycles. The van der Waals surface area contributed by atoms with E-state index in [0.717, 1.165) is 0 Å². The Hall–Kier alpha value is -1.60. The molecule has 0 spiro atoms. The number of rotatable bonds is 9. The van der Waals surface area contributed by atoms with Gasteiger partial charge in [0.15, 0.2) is 0 Å². The second-order valence-electron chi connectivity index (χ2n) is 9.62. The summed E-state index contributed by atoms with van der Waals surface area (Å²) < 4.78 is 28.5. The maximum atomic E-state index is 13.6. The van der Waals surface area contributed by atoms with Crippen LogP contribution < -0.4 is 4.31 Å². The normalized spacial score (nSPS) is 18.9. The SMILES string of the molecule is Cl.O=S(=O)(c1ccccc1)N(CC(O)CN(C1CCCCC1)C1CCCCC1)c1ccccc1. The van der Waals surface area contributed by atoms with Gasteiger partial charge in [0, 0.05) is 18.6 Å². The summed E-state index contributed by atoms with van der Waals surface area (Å²) in [5, 5.41) is 11.3. The Kier molecular flexibility index (Phi) is 10.3. The molecular formula is C27H39ClN2O3S. The van der Waals surface area contributed by atoms with Gasteiger partial charge in [0.1, 0.15) is 0 Å². The first-order chi connectivity index (χ1) is 16.1. The predicted molar refractivity (Wildman–Crippen MR) is 141 cm³/mol. The van der Waals surface area contributed by atoms with E-state index in [2.05, 4.69) is 4.90 Å². The number of benzene rings is 2. The average molecular weight is 507 g/mol. The summed E-state index contributed by atoms with van der Waals surface area (Å²) in [6.45, 7) is 0.583. The fraction of sp³-hybridized carbons (Fsp3) is 0.556. The Bertz CT molecular complexity index is 928. The molecule has 0 heterocycles. The van der Waals surface area contributed by atoms with E-state index in [1.807, 2.05) is 24.3 Å². The molecular weight excluding hydrogens is 468 g/mol. The van der Waals surface area contributed by atoms with Crippen LogP contribution >= 0.6 is 12.4 Å². The minimum Gasteiger partial charge on any atom is -0.390 e. The summed E-state index contributed by atoms with van der Waals surface area (Å²) in [4.78, 5) is 2.79. The highest BCUT2D eigenvalue weighted by Gasteiger charge is 2.32. The van der Waals surface area contributed by atoms with Gasteiger partial charge in [-0.25, -0.2) is 8.42 Å². The van der Waals surface area contributed by atoms with Crippen molar-refractivity contribution >= 4 is 28.1 Å². The summed E-state index contributed by atoms with van der Waals surface area (Å²) in [5.41, 5.74) is 0.585. The molecule has 2 aromatic carbocycles. The van der Waals surface area contributed by atoms with E-state index < -0.39 is 16.1 Å². The minimum absolute atomic E-state index is 0. The molecule has 2 aromatic rings. The predicted octanol–water partition coefficient (Wildman–Crippen LogP) is 5.63. The van der Waals surface area contributed by atoms with Gasteiger partial charge < -0.3 is 5.11 Å². The topological polar surface area (TPSA) is 60.9 Å². The molecule has 1 N–H and O–H groups in total. The molecule has 2 saturated carbocycles. The van der Waals surface area contributed by atoms with E-state index in [4.69, 9.17) is 0 Å². The molecule has 0 aromatic heterocycles. The molecule has 2 aliphatic carbocycles. The first kappa shape index (κ1) is 27.0. The summed E-state index contributed by atoms with van der Waals surface area (Å²) in [7, 11) is -3.78. The van der Waals surface area contributed by atoms with E-state index >= 15 is 0 Å². The zero-order valence-electron chi connectivity index (χ0n) is 20.0. The minimum atomic E-state index is -3.78. The molecule has 0 radical (unpaired) electrons. The lowest BCUT2D eigenvalue weighted by atomic mass is 9.88. The number of nitrogens with zero attached hydrogens (tertiary/aromatic N) is 2. The van der Waals surface area contributed by atoms with Crippen LogP contribution in [0.15, 0.2) is 65.6 Å². The monoisotopic (exact) mass is 506 g/mol. The summed E-state index contributed by atoms with van der Waals surface area (Å²) in [5.74, 6) is 0. The molecule has 1 atom stereocenters. The Morgan fingerprint density at radius 3 is 1.71 bits per heavy atom. The molecule has 188 valence electrons. The largest absolute Gasteiger partial charge is 0.390 e. The van der Waals surface area contributed by atoms with Crippen molar-refractivity contribution in [1.82, 2.24) is 4.90 Å². The fourth-order valence-electron chi connectivity index (χ4n) is 5.57. The Labute approximate surface area is 211 Å². The molecule has 2 fully saturated rings. The van der Waals surface area contributed by atoms with Crippen molar-refractivity contribution in [3.63, 3.8) is 0 Å². The highest BCUT2D eigenvalue weighted by Crippen LogP contribution is 2.31. The van der Waals surface area contributed by atoms with E-state index in [9.17, 15) is 13.5 Å². The van der Waals surface area contributed by atoms with Gasteiger partial charge in [0.2, 0.25) is 0 Å². The van der Waals surface area contributed by atoms with Crippen LogP contribution in [0, 0.1) is 0 Å². The first-order valence-electron chi connectivity index (χ1n) is 12.6. The van der Waals surface area contributed by atoms with Crippen LogP contribution in [0.1, 0.15) is 64.2 Å². The van der Waals surface area contributed by atoms with Crippen molar-refractivity contribution in [1.29, 1.82) is 0 Å². The number of halogens is 1. The highest BCUT2D eigenvalue weighted by molar-refractivity contribution is 7.92. The number of sulfonamides is 1. The standard InChI is InChI=1S/C27H38N2O3S.ClH/c30-26(21-28(23-13-5-1-6-14-23)24-15-7-2-8-16-24)22-29(25-17-9-3-10-18-25)33(31,32)27-19-11-4-12-20-27;/h3-4,9-12,17-20,23-24,26,30H,1-2,5-8,13-16,21-22H2;1H. The van der Waals surface area contributed by atoms with Crippen LogP contribution in [0.4, 0.5) is 5.69 Å². The van der Waals surface area contributed by atoms with Crippen LogP contribution in [0.5, 0.6) is 0 Å². The van der Waals surface area contributed by atoms with E-state index in [-0.39, 0.29) is 23.8 Å². The number of anilines is 1. The average Bonchev–Trinajstić information content (AvgIpc) is 2.88. The van der Waals surface area contributed by atoms with Gasteiger partial charge >= 0.3 is 0 Å². The lowest BCUT2D eigenvalue weighted by molar-refractivity contribution is 0.0326. The molecule has 4 rings (SSSR count). The third-order valence-electron chi connectivity index (χ3n) is 7.26. The summed E-state index contributed by atoms with van der Waals surface area (Å²) >= 11 is 0. The Morgan fingerprint density at radius 1 is 0.735 bits per heavy atom. The van der Waals surface area contributed by atoms with Crippen LogP contribution in [0.25, 0.3) is 0 Å². The molecule has 0 bridgehead atoms. The van der Waals surface area contributed by atoms with E-state index in [1.165, 1.54) is 68.5 Å². The van der Waals surface area contributed by atoms with Gasteiger partial charge in [-0.3, -0.25) is 9.21 Å². The summed E-state index contributed by atoms with van der Waals surface area (Å²) in [6, 6.07) is 18.7. The zero-order chi connectivity index (χ0) is 23.1. The van der Waals surface area contributed by atoms with Gasteiger partial charge in [0.05, 0.1) is 23.2 Å². The zero-order valence-corrected chi connectivity index (χ0v) is 21.6. The fourth-order valence-corrected chi connectivity index (χ4v) is 7.09. The number of aliphatic hydroxyl groups is 1. The van der Waals surface area contributed by atoms with Crippen LogP contribution in [0.3, 0.4) is 0 Å². The van der Waals surface area contributed by atoms with Crippen molar-refractivity contribution in [3.05, 3.63) is 60.7 Å². The molecule has 34 heavy (non-hydrogen) atoms. The highest BCUT2D eigenvalue weighted by atomic mass is 35.5. The second-order valence-corrected chi connectivity index (χ2v) is 11.5. The summed E-state index contributed by atoms with van der Waals surface area (Å²) in [6.07, 6.45) is 11.6. The van der Waals surface area contributed by atoms with Crippen molar-refractivity contribution in [2.45, 2.75) is 87.3 Å². The number of para-hydroxylation sites is 1. The van der Waals surface area contributed by atoms with Crippen molar-refractivity contribution in [3.8, 4) is 0 Å². The molecule has 1 unspecified atom stereocenters. The Morgan fingerprint density at radius 2 is 1.21 bits per heavy atom. The van der Waals surface area contributed by atoms with Crippen molar-refractivity contribution < 1.29 is 13.5 Å². The molecule has 5 nitrogen and oxygen atoms in total. The van der Waals surface area contributed by atoms with Crippen molar-refractivity contribution in [2.24, 2.45) is 0 Å². The van der Waals surface area contributed by atoms with Crippen LogP contribution in [-0.2, 0) is 10.0 Å². The maximum absolute atomic E-state index is 13.6. The first-order valence-corrected chi connectivity index (χ1v) is 14.1. The lowest BCUT2D eigenvalue weighted by Crippen LogP contribution is -2.51. The molecule has 0 amide bonds. The van der Waals surface area contributed by atoms with Crippen LogP contribution in [0.2, 0.25) is 0 Å². The van der Waals surface area contributed by atoms with Gasteiger partial charge in [-0.05, 0) is 49.9 Å². The number of hydrogen-bond acceptors (Lipinski definition) is 4. The third-order valence-corrected chi connectivity index (χ3v) is 9.07. The smallest absolute Gasteiger partial charge is 0.264 e. The molecule has 0 aliphatic heterocycles. The van der Waals surface area contributed by atoms with Crippen LogP contribution in [-0.4, -0.2) is 49.7 Å².